The van der Waals surface area contributed by atoms with Crippen LogP contribution in [-0.4, -0.2) is 40.0 Å². The molecule has 0 aliphatic carbocycles. The van der Waals surface area contributed by atoms with Crippen LogP contribution in [0.5, 0.6) is 0 Å². The van der Waals surface area contributed by atoms with E-state index >= 15 is 0 Å². The Labute approximate surface area is 105 Å². The number of thiazole rings is 1. The summed E-state index contributed by atoms with van der Waals surface area (Å²) in [6.07, 6.45) is 5.44. The molecule has 1 fully saturated rings. The maximum atomic E-state index is 4.65. The van der Waals surface area contributed by atoms with E-state index in [1.54, 1.807) is 11.3 Å². The minimum Gasteiger partial charge on any atom is -0.314 e. The molecule has 1 aliphatic heterocycles. The Morgan fingerprint density at radius 3 is 3.12 bits per heavy atom. The lowest BCUT2D eigenvalue weighted by molar-refractivity contribution is 0.136. The highest BCUT2D eigenvalue weighted by atomic mass is 32.1. The molecule has 0 amide bonds. The van der Waals surface area contributed by atoms with Gasteiger partial charge in [0.15, 0.2) is 4.96 Å². The molecule has 1 N–H and O–H groups in total. The van der Waals surface area contributed by atoms with Gasteiger partial charge in [-0.25, -0.2) is 4.98 Å². The lowest BCUT2D eigenvalue weighted by Crippen LogP contribution is -2.57. The zero-order valence-electron chi connectivity index (χ0n) is 10.1. The molecule has 0 unspecified atom stereocenters. The highest BCUT2D eigenvalue weighted by molar-refractivity contribution is 7.15. The Morgan fingerprint density at radius 1 is 1.59 bits per heavy atom. The van der Waals surface area contributed by atoms with Gasteiger partial charge in [0.2, 0.25) is 0 Å². The molecule has 5 heteroatoms. The van der Waals surface area contributed by atoms with Gasteiger partial charge in [-0.15, -0.1) is 11.3 Å². The number of hydrogen-bond donors (Lipinski definition) is 1. The van der Waals surface area contributed by atoms with Gasteiger partial charge in [-0.1, -0.05) is 6.92 Å². The lowest BCUT2D eigenvalue weighted by atomic mass is 10.1. The number of nitrogens with zero attached hydrogens (tertiary/aromatic N) is 3. The Morgan fingerprint density at radius 2 is 2.47 bits per heavy atom. The smallest absolute Gasteiger partial charge is 0.193 e. The van der Waals surface area contributed by atoms with Crippen molar-refractivity contribution in [2.45, 2.75) is 25.9 Å². The van der Waals surface area contributed by atoms with Gasteiger partial charge in [0.25, 0.3) is 0 Å². The van der Waals surface area contributed by atoms with E-state index in [2.05, 4.69) is 44.3 Å². The number of fused-ring (bicyclic) bond motifs is 1. The van der Waals surface area contributed by atoms with Crippen molar-refractivity contribution >= 4 is 16.3 Å². The second kappa shape index (κ2) is 4.76. The van der Waals surface area contributed by atoms with E-state index in [0.29, 0.717) is 6.04 Å². The molecule has 2 aromatic rings. The summed E-state index contributed by atoms with van der Waals surface area (Å²) in [5.74, 6) is 0. The monoisotopic (exact) mass is 250 g/mol. The zero-order chi connectivity index (χ0) is 11.7. The van der Waals surface area contributed by atoms with Gasteiger partial charge in [-0.2, -0.15) is 0 Å². The molecular weight excluding hydrogens is 232 g/mol. The van der Waals surface area contributed by atoms with Crippen molar-refractivity contribution in [1.29, 1.82) is 0 Å². The molecule has 92 valence electrons. The number of nitrogens with one attached hydrogen (secondary N) is 1. The first kappa shape index (κ1) is 11.2. The van der Waals surface area contributed by atoms with E-state index < -0.39 is 0 Å². The van der Waals surface area contributed by atoms with Crippen LogP contribution in [0.4, 0.5) is 0 Å². The number of imidazole rings is 1. The summed E-state index contributed by atoms with van der Waals surface area (Å²) in [4.78, 5) is 8.30. The standard InChI is InChI=1S/C12H18N4S/c1-2-3-15(11-6-13-7-11)8-10-9-16-4-5-17-12(16)14-10/h4-5,9,11,13H,2-3,6-8H2,1H3. The molecule has 1 saturated heterocycles. The van der Waals surface area contributed by atoms with Crippen molar-refractivity contribution in [3.05, 3.63) is 23.5 Å². The van der Waals surface area contributed by atoms with Crippen LogP contribution in [0.1, 0.15) is 19.0 Å². The third-order valence-corrected chi connectivity index (χ3v) is 4.07. The molecule has 1 aliphatic rings. The Kier molecular flexibility index (Phi) is 3.13. The Hall–Kier alpha value is -0.910. The average Bonchev–Trinajstić information content (AvgIpc) is 2.75. The van der Waals surface area contributed by atoms with Crippen LogP contribution in [-0.2, 0) is 6.54 Å². The Balaban J connectivity index is 1.72. The van der Waals surface area contributed by atoms with Crippen molar-refractivity contribution in [2.75, 3.05) is 19.6 Å². The van der Waals surface area contributed by atoms with Gasteiger partial charge in [0.05, 0.1) is 5.69 Å². The molecule has 0 saturated carbocycles. The fourth-order valence-corrected chi connectivity index (χ4v) is 2.99. The van der Waals surface area contributed by atoms with E-state index in [0.717, 1.165) is 31.1 Å². The molecule has 17 heavy (non-hydrogen) atoms. The first-order valence-electron chi connectivity index (χ1n) is 6.22. The normalized spacial score (nSPS) is 16.8. The molecule has 0 radical (unpaired) electrons. The van der Waals surface area contributed by atoms with Gasteiger partial charge in [-0.3, -0.25) is 9.30 Å². The third-order valence-electron chi connectivity index (χ3n) is 3.30. The van der Waals surface area contributed by atoms with Crippen molar-refractivity contribution in [3.63, 3.8) is 0 Å². The van der Waals surface area contributed by atoms with E-state index in [1.165, 1.54) is 12.1 Å². The van der Waals surface area contributed by atoms with Crippen LogP contribution in [0.25, 0.3) is 4.96 Å². The molecule has 3 heterocycles. The van der Waals surface area contributed by atoms with E-state index in [1.807, 2.05) is 0 Å². The summed E-state index contributed by atoms with van der Waals surface area (Å²) in [5, 5.41) is 5.42. The molecule has 0 bridgehead atoms. The average molecular weight is 250 g/mol. The highest BCUT2D eigenvalue weighted by Gasteiger charge is 2.24. The van der Waals surface area contributed by atoms with Crippen LogP contribution in [0.15, 0.2) is 17.8 Å². The van der Waals surface area contributed by atoms with E-state index in [9.17, 15) is 0 Å². The lowest BCUT2D eigenvalue weighted by Gasteiger charge is -2.37. The van der Waals surface area contributed by atoms with E-state index in [4.69, 9.17) is 0 Å². The molecule has 2 aromatic heterocycles. The quantitative estimate of drug-likeness (QED) is 0.874. The van der Waals surface area contributed by atoms with Crippen LogP contribution in [0.3, 0.4) is 0 Å². The van der Waals surface area contributed by atoms with E-state index in [-0.39, 0.29) is 0 Å². The molecule has 0 atom stereocenters. The number of hydrogen-bond acceptors (Lipinski definition) is 4. The van der Waals surface area contributed by atoms with Crippen LogP contribution >= 0.6 is 11.3 Å². The van der Waals surface area contributed by atoms with Crippen molar-refractivity contribution in [2.24, 2.45) is 0 Å². The first-order valence-corrected chi connectivity index (χ1v) is 7.10. The maximum absolute atomic E-state index is 4.65. The molecular formula is C12H18N4S. The van der Waals surface area contributed by atoms with Gasteiger partial charge < -0.3 is 5.32 Å². The second-order valence-corrected chi connectivity index (χ2v) is 5.48. The number of rotatable bonds is 5. The van der Waals surface area contributed by atoms with Gasteiger partial charge in [0, 0.05) is 43.4 Å². The van der Waals surface area contributed by atoms with Gasteiger partial charge >= 0.3 is 0 Å². The van der Waals surface area contributed by atoms with Crippen molar-refractivity contribution in [1.82, 2.24) is 19.6 Å². The third kappa shape index (κ3) is 2.22. The minimum absolute atomic E-state index is 0.703. The summed E-state index contributed by atoms with van der Waals surface area (Å²) in [5.41, 5.74) is 1.19. The fraction of sp³-hybridized carbons (Fsp3) is 0.583. The van der Waals surface area contributed by atoms with Crippen molar-refractivity contribution in [3.8, 4) is 0 Å². The van der Waals surface area contributed by atoms with Crippen LogP contribution in [0.2, 0.25) is 0 Å². The van der Waals surface area contributed by atoms with Gasteiger partial charge in [-0.05, 0) is 13.0 Å². The van der Waals surface area contributed by atoms with Crippen LogP contribution in [0, 0.1) is 0 Å². The molecule has 0 aromatic carbocycles. The highest BCUT2D eigenvalue weighted by Crippen LogP contribution is 2.15. The summed E-state index contributed by atoms with van der Waals surface area (Å²) in [6, 6.07) is 0.703. The SMILES string of the molecule is CCCN(Cc1cn2ccsc2n1)C1CNC1. The number of aromatic nitrogens is 2. The zero-order valence-corrected chi connectivity index (χ0v) is 10.9. The summed E-state index contributed by atoms with van der Waals surface area (Å²) >= 11 is 1.70. The topological polar surface area (TPSA) is 32.6 Å². The summed E-state index contributed by atoms with van der Waals surface area (Å²) in [7, 11) is 0. The maximum Gasteiger partial charge on any atom is 0.193 e. The molecule has 4 nitrogen and oxygen atoms in total. The van der Waals surface area contributed by atoms with Crippen molar-refractivity contribution < 1.29 is 0 Å². The Bertz CT molecular complexity index is 457. The fourth-order valence-electron chi connectivity index (χ4n) is 2.27. The van der Waals surface area contributed by atoms with Gasteiger partial charge in [0.1, 0.15) is 0 Å². The second-order valence-electron chi connectivity index (χ2n) is 4.61. The molecule has 3 rings (SSSR count). The first-order chi connectivity index (χ1) is 8.36. The van der Waals surface area contributed by atoms with Crippen LogP contribution < -0.4 is 5.32 Å². The minimum atomic E-state index is 0.703. The summed E-state index contributed by atoms with van der Waals surface area (Å²) in [6.45, 7) is 6.64. The summed E-state index contributed by atoms with van der Waals surface area (Å²) < 4.78 is 2.11. The predicted octanol–water partition coefficient (Wildman–Crippen LogP) is 1.58. The predicted molar refractivity (Wildman–Crippen MR) is 70.4 cm³/mol. The largest absolute Gasteiger partial charge is 0.314 e. The molecule has 0 spiro atoms.